The Morgan fingerprint density at radius 3 is 2.74 bits per heavy atom. The number of nitrogens with zero attached hydrogens (tertiary/aromatic N) is 2. The lowest BCUT2D eigenvalue weighted by Crippen LogP contribution is -2.21. The fraction of sp³-hybridized carbons (Fsp3) is 0.308. The number of rotatable bonds is 5. The largest absolute Gasteiger partial charge is 0.375 e. The molecule has 0 saturated carbocycles. The highest BCUT2D eigenvalue weighted by Gasteiger charge is 2.07. The lowest BCUT2D eigenvalue weighted by molar-refractivity contribution is 0.273. The van der Waals surface area contributed by atoms with Crippen LogP contribution in [0, 0.1) is 0 Å². The number of hydrogen-bond donors (Lipinski definition) is 1. The number of nitrogen functional groups attached to an aromatic ring is 1. The van der Waals surface area contributed by atoms with Crippen molar-refractivity contribution in [1.82, 2.24) is 9.88 Å². The van der Waals surface area contributed by atoms with Crippen molar-refractivity contribution < 1.29 is 0 Å². The molecule has 19 heavy (non-hydrogen) atoms. The van der Waals surface area contributed by atoms with Crippen LogP contribution in [0.4, 0.5) is 5.13 Å². The van der Waals surface area contributed by atoms with Gasteiger partial charge in [-0.05, 0) is 24.2 Å². The summed E-state index contributed by atoms with van der Waals surface area (Å²) in [7, 11) is 0. The number of anilines is 1. The molecule has 2 rings (SSSR count). The normalized spacial score (nSPS) is 10.5. The third-order valence-electron chi connectivity index (χ3n) is 2.69. The Labute approximate surface area is 132 Å². The van der Waals surface area contributed by atoms with Crippen LogP contribution in [0.15, 0.2) is 34.9 Å². The first-order valence-corrected chi connectivity index (χ1v) is 7.45. The number of nitrogens with two attached hydrogens (primary N) is 1. The van der Waals surface area contributed by atoms with Gasteiger partial charge in [-0.3, -0.25) is 4.90 Å². The fourth-order valence-corrected chi connectivity index (χ4v) is 2.96. The van der Waals surface area contributed by atoms with Crippen LogP contribution in [0.25, 0.3) is 0 Å². The van der Waals surface area contributed by atoms with Crippen molar-refractivity contribution in [2.24, 2.45) is 0 Å². The lowest BCUT2D eigenvalue weighted by Gasteiger charge is -2.19. The maximum atomic E-state index is 5.65. The summed E-state index contributed by atoms with van der Waals surface area (Å²) in [5.74, 6) is 0. The monoisotopic (exact) mass is 361 g/mol. The molecule has 0 aliphatic heterocycles. The van der Waals surface area contributed by atoms with Gasteiger partial charge < -0.3 is 5.73 Å². The zero-order valence-electron chi connectivity index (χ0n) is 10.7. The molecule has 3 nitrogen and oxygen atoms in total. The number of halogens is 2. The molecular weight excluding hydrogens is 346 g/mol. The summed E-state index contributed by atoms with van der Waals surface area (Å²) < 4.78 is 1.12. The van der Waals surface area contributed by atoms with Gasteiger partial charge in [-0.15, -0.1) is 23.7 Å². The second kappa shape index (κ2) is 7.85. The first-order valence-electron chi connectivity index (χ1n) is 5.84. The molecule has 0 amide bonds. The number of aromatic nitrogens is 1. The van der Waals surface area contributed by atoms with E-state index in [-0.39, 0.29) is 12.4 Å². The van der Waals surface area contributed by atoms with Gasteiger partial charge >= 0.3 is 0 Å². The minimum Gasteiger partial charge on any atom is -0.375 e. The lowest BCUT2D eigenvalue weighted by atomic mass is 10.2. The molecule has 0 spiro atoms. The summed E-state index contributed by atoms with van der Waals surface area (Å²) in [6.07, 6.45) is 1.86. The Morgan fingerprint density at radius 1 is 1.37 bits per heavy atom. The highest BCUT2D eigenvalue weighted by molar-refractivity contribution is 9.10. The van der Waals surface area contributed by atoms with E-state index >= 15 is 0 Å². The third-order valence-corrected chi connectivity index (χ3v) is 4.00. The van der Waals surface area contributed by atoms with Gasteiger partial charge in [-0.1, -0.05) is 35.0 Å². The van der Waals surface area contributed by atoms with E-state index < -0.39 is 0 Å². The summed E-state index contributed by atoms with van der Waals surface area (Å²) in [6.45, 7) is 5.01. The van der Waals surface area contributed by atoms with Gasteiger partial charge in [0.15, 0.2) is 5.13 Å². The van der Waals surface area contributed by atoms with Crippen molar-refractivity contribution in [1.29, 1.82) is 0 Å². The average molecular weight is 363 g/mol. The average Bonchev–Trinajstić information content (AvgIpc) is 2.74. The number of thiazole rings is 1. The maximum absolute atomic E-state index is 5.65. The van der Waals surface area contributed by atoms with Gasteiger partial charge in [0.1, 0.15) is 0 Å². The molecule has 1 aromatic carbocycles. The van der Waals surface area contributed by atoms with Crippen LogP contribution in [0.2, 0.25) is 0 Å². The van der Waals surface area contributed by atoms with Crippen LogP contribution in [0.1, 0.15) is 17.4 Å². The van der Waals surface area contributed by atoms with Gasteiger partial charge in [-0.25, -0.2) is 4.98 Å². The Bertz CT molecular complexity index is 518. The fourth-order valence-electron chi connectivity index (χ4n) is 1.79. The molecule has 0 fully saturated rings. The Balaban J connectivity index is 0.00000180. The van der Waals surface area contributed by atoms with Crippen LogP contribution in [0.3, 0.4) is 0 Å². The summed E-state index contributed by atoms with van der Waals surface area (Å²) >= 11 is 5.06. The molecule has 0 atom stereocenters. The van der Waals surface area contributed by atoms with Crippen molar-refractivity contribution in [3.05, 3.63) is 45.4 Å². The van der Waals surface area contributed by atoms with E-state index in [1.54, 1.807) is 11.3 Å². The topological polar surface area (TPSA) is 42.2 Å². The zero-order chi connectivity index (χ0) is 13.0. The minimum atomic E-state index is 0. The minimum absolute atomic E-state index is 0. The molecule has 0 unspecified atom stereocenters. The molecule has 2 N–H and O–H groups in total. The standard InChI is InChI=1S/C13H16BrN3S.ClH/c1-2-17(9-12-7-16-13(15)18-12)8-10-4-3-5-11(14)6-10;/h3-7H,2,8-9H2,1H3,(H2,15,16);1H. The van der Waals surface area contributed by atoms with E-state index in [0.717, 1.165) is 24.1 Å². The van der Waals surface area contributed by atoms with Gasteiger partial charge in [0.2, 0.25) is 0 Å². The second-order valence-corrected chi connectivity index (χ2v) is 6.16. The van der Waals surface area contributed by atoms with E-state index in [0.29, 0.717) is 5.13 Å². The van der Waals surface area contributed by atoms with Crippen LogP contribution in [-0.4, -0.2) is 16.4 Å². The van der Waals surface area contributed by atoms with Gasteiger partial charge in [-0.2, -0.15) is 0 Å². The van der Waals surface area contributed by atoms with Crippen molar-refractivity contribution >= 4 is 44.8 Å². The van der Waals surface area contributed by atoms with Crippen LogP contribution < -0.4 is 5.73 Å². The molecule has 0 aliphatic rings. The molecule has 0 radical (unpaired) electrons. The molecule has 1 heterocycles. The smallest absolute Gasteiger partial charge is 0.180 e. The first-order chi connectivity index (χ1) is 8.67. The SMILES string of the molecule is CCN(Cc1cccc(Br)c1)Cc1cnc(N)s1.Cl. The highest BCUT2D eigenvalue weighted by Crippen LogP contribution is 2.19. The van der Waals surface area contributed by atoms with E-state index in [9.17, 15) is 0 Å². The Hall–Kier alpha value is -0.620. The molecule has 0 saturated heterocycles. The summed E-state index contributed by atoms with van der Waals surface area (Å²) in [5, 5.41) is 0.642. The predicted molar refractivity (Wildman–Crippen MR) is 87.7 cm³/mol. The van der Waals surface area contributed by atoms with Gasteiger partial charge in [0, 0.05) is 28.6 Å². The van der Waals surface area contributed by atoms with Crippen molar-refractivity contribution in [2.45, 2.75) is 20.0 Å². The quantitative estimate of drug-likeness (QED) is 0.876. The van der Waals surface area contributed by atoms with Crippen LogP contribution >= 0.6 is 39.7 Å². The molecule has 6 heteroatoms. The maximum Gasteiger partial charge on any atom is 0.180 e. The Kier molecular flexibility index (Phi) is 6.79. The number of benzene rings is 1. The van der Waals surface area contributed by atoms with Crippen molar-refractivity contribution in [3.8, 4) is 0 Å². The highest BCUT2D eigenvalue weighted by atomic mass is 79.9. The zero-order valence-corrected chi connectivity index (χ0v) is 13.9. The number of hydrogen-bond acceptors (Lipinski definition) is 4. The summed E-state index contributed by atoms with van der Waals surface area (Å²) in [5.41, 5.74) is 6.96. The van der Waals surface area contributed by atoms with Gasteiger partial charge in [0.25, 0.3) is 0 Å². The van der Waals surface area contributed by atoms with Crippen LogP contribution in [-0.2, 0) is 13.1 Å². The van der Waals surface area contributed by atoms with E-state index in [2.05, 4.69) is 50.9 Å². The molecule has 104 valence electrons. The van der Waals surface area contributed by atoms with Gasteiger partial charge in [0.05, 0.1) is 0 Å². The van der Waals surface area contributed by atoms with Crippen LogP contribution in [0.5, 0.6) is 0 Å². The summed E-state index contributed by atoms with van der Waals surface area (Å²) in [4.78, 5) is 7.67. The van der Waals surface area contributed by atoms with Crippen molar-refractivity contribution in [2.75, 3.05) is 12.3 Å². The molecule has 2 aromatic rings. The van der Waals surface area contributed by atoms with Crippen molar-refractivity contribution in [3.63, 3.8) is 0 Å². The predicted octanol–water partition coefficient (Wildman–Crippen LogP) is 3.93. The molecule has 0 bridgehead atoms. The second-order valence-electron chi connectivity index (χ2n) is 4.10. The van der Waals surface area contributed by atoms with E-state index in [4.69, 9.17) is 5.73 Å². The Morgan fingerprint density at radius 2 is 2.16 bits per heavy atom. The third kappa shape index (κ3) is 5.10. The molecule has 1 aromatic heterocycles. The first kappa shape index (κ1) is 16.4. The molecule has 0 aliphatic carbocycles. The van der Waals surface area contributed by atoms with E-state index in [1.165, 1.54) is 10.4 Å². The molecular formula is C13H17BrClN3S. The summed E-state index contributed by atoms with van der Waals surface area (Å²) in [6, 6.07) is 8.42. The van der Waals surface area contributed by atoms with E-state index in [1.807, 2.05) is 12.3 Å².